The minimum absolute atomic E-state index is 0.00816. The Morgan fingerprint density at radius 2 is 1.94 bits per heavy atom. The molecule has 2 unspecified atom stereocenters. The molecule has 0 aliphatic carbocycles. The van der Waals surface area contributed by atoms with Crippen molar-refractivity contribution in [3.05, 3.63) is 0 Å². The van der Waals surface area contributed by atoms with Crippen molar-refractivity contribution in [2.24, 2.45) is 0 Å². The van der Waals surface area contributed by atoms with E-state index in [0.717, 1.165) is 12.8 Å². The Balaban J connectivity index is 2.00. The van der Waals surface area contributed by atoms with Crippen molar-refractivity contribution < 1.29 is 18.3 Å². The highest BCUT2D eigenvalue weighted by Crippen LogP contribution is 2.28. The van der Waals surface area contributed by atoms with Crippen molar-refractivity contribution in [1.82, 2.24) is 8.61 Å². The van der Waals surface area contributed by atoms with Gasteiger partial charge in [0.2, 0.25) is 0 Å². The number of morpholine rings is 1. The van der Waals surface area contributed by atoms with Gasteiger partial charge in [0, 0.05) is 33.3 Å². The van der Waals surface area contributed by atoms with E-state index in [-0.39, 0.29) is 18.8 Å². The summed E-state index contributed by atoms with van der Waals surface area (Å²) in [6.45, 7) is 1.28. The van der Waals surface area contributed by atoms with E-state index in [1.54, 1.807) is 7.05 Å². The van der Waals surface area contributed by atoms with Crippen molar-refractivity contribution in [3.8, 4) is 0 Å². The van der Waals surface area contributed by atoms with Gasteiger partial charge in [0.05, 0.1) is 12.2 Å². The van der Waals surface area contributed by atoms with Gasteiger partial charge in [-0.1, -0.05) is 0 Å². The van der Waals surface area contributed by atoms with Gasteiger partial charge in [0.25, 0.3) is 10.2 Å². The molecule has 0 saturated carbocycles. The molecule has 2 aliphatic heterocycles. The molecule has 7 heteroatoms. The predicted octanol–water partition coefficient (Wildman–Crippen LogP) is -0.591. The van der Waals surface area contributed by atoms with Crippen molar-refractivity contribution in [1.29, 1.82) is 0 Å². The maximum Gasteiger partial charge on any atom is 0.281 e. The molecule has 0 aromatic carbocycles. The van der Waals surface area contributed by atoms with E-state index in [1.165, 1.54) is 8.61 Å². The van der Waals surface area contributed by atoms with Crippen LogP contribution in [0.4, 0.5) is 0 Å². The lowest BCUT2D eigenvalue weighted by molar-refractivity contribution is -0.0129. The number of ether oxygens (including phenoxy) is 1. The first-order valence-electron chi connectivity index (χ1n) is 6.02. The Morgan fingerprint density at radius 3 is 2.47 bits per heavy atom. The molecule has 0 amide bonds. The number of aliphatic hydroxyl groups is 1. The summed E-state index contributed by atoms with van der Waals surface area (Å²) in [4.78, 5) is 0. The van der Waals surface area contributed by atoms with Crippen LogP contribution in [0.25, 0.3) is 0 Å². The third-order valence-electron chi connectivity index (χ3n) is 3.36. The van der Waals surface area contributed by atoms with E-state index in [0.29, 0.717) is 26.1 Å². The van der Waals surface area contributed by atoms with Gasteiger partial charge < -0.3 is 9.84 Å². The molecule has 0 spiro atoms. The first-order valence-corrected chi connectivity index (χ1v) is 7.41. The Kier molecular flexibility index (Phi) is 4.04. The lowest BCUT2D eigenvalue weighted by atomic mass is 10.2. The Bertz CT molecular complexity index is 347. The second-order valence-electron chi connectivity index (χ2n) is 4.68. The summed E-state index contributed by atoms with van der Waals surface area (Å²) in [6, 6.07) is 0. The molecule has 2 rings (SSSR count). The number of fused-ring (bicyclic) bond motifs is 2. The van der Waals surface area contributed by atoms with Gasteiger partial charge in [-0.3, -0.25) is 0 Å². The lowest BCUT2D eigenvalue weighted by Crippen LogP contribution is -2.50. The van der Waals surface area contributed by atoms with E-state index in [4.69, 9.17) is 9.84 Å². The summed E-state index contributed by atoms with van der Waals surface area (Å²) < 4.78 is 32.9. The molecule has 0 aromatic rings. The number of hydrogen-bond acceptors (Lipinski definition) is 4. The molecule has 2 saturated heterocycles. The summed E-state index contributed by atoms with van der Waals surface area (Å²) >= 11 is 0. The Labute approximate surface area is 102 Å². The molecule has 2 bridgehead atoms. The molecule has 2 heterocycles. The zero-order valence-corrected chi connectivity index (χ0v) is 10.9. The highest BCUT2D eigenvalue weighted by atomic mass is 32.2. The highest BCUT2D eigenvalue weighted by molar-refractivity contribution is 7.86. The normalized spacial score (nSPS) is 30.1. The first-order chi connectivity index (χ1) is 8.04. The fraction of sp³-hybridized carbons (Fsp3) is 1.00. The van der Waals surface area contributed by atoms with Crippen molar-refractivity contribution >= 4 is 10.2 Å². The number of hydrogen-bond donors (Lipinski definition) is 1. The average Bonchev–Trinajstić information content (AvgIpc) is 2.64. The largest absolute Gasteiger partial charge is 0.396 e. The van der Waals surface area contributed by atoms with Gasteiger partial charge >= 0.3 is 0 Å². The fourth-order valence-electron chi connectivity index (χ4n) is 2.37. The Morgan fingerprint density at radius 1 is 1.35 bits per heavy atom. The smallest absolute Gasteiger partial charge is 0.281 e. The molecule has 6 nitrogen and oxygen atoms in total. The molecule has 0 radical (unpaired) electrons. The molecule has 17 heavy (non-hydrogen) atoms. The zero-order chi connectivity index (χ0) is 12.5. The van der Waals surface area contributed by atoms with Gasteiger partial charge in [-0.15, -0.1) is 0 Å². The Hall–Kier alpha value is -0.210. The van der Waals surface area contributed by atoms with Crippen LogP contribution in [0.2, 0.25) is 0 Å². The minimum atomic E-state index is -3.38. The number of nitrogens with zero attached hydrogens (tertiary/aromatic N) is 2. The second-order valence-corrected chi connectivity index (χ2v) is 6.72. The third kappa shape index (κ3) is 2.79. The van der Waals surface area contributed by atoms with Crippen molar-refractivity contribution in [2.75, 3.05) is 33.3 Å². The summed E-state index contributed by atoms with van der Waals surface area (Å²) in [7, 11) is -1.83. The molecule has 2 fully saturated rings. The summed E-state index contributed by atoms with van der Waals surface area (Å²) in [5.41, 5.74) is 0. The van der Waals surface area contributed by atoms with Gasteiger partial charge in [-0.25, -0.2) is 0 Å². The first kappa shape index (κ1) is 13.2. The monoisotopic (exact) mass is 264 g/mol. The van der Waals surface area contributed by atoms with Crippen LogP contribution in [0.15, 0.2) is 0 Å². The van der Waals surface area contributed by atoms with Gasteiger partial charge in [-0.2, -0.15) is 17.0 Å². The third-order valence-corrected chi connectivity index (χ3v) is 5.28. The topological polar surface area (TPSA) is 70.1 Å². The van der Waals surface area contributed by atoms with Crippen LogP contribution < -0.4 is 0 Å². The van der Waals surface area contributed by atoms with Gasteiger partial charge in [-0.05, 0) is 19.3 Å². The highest BCUT2D eigenvalue weighted by Gasteiger charge is 2.39. The maximum atomic E-state index is 12.2. The fourth-order valence-corrected chi connectivity index (χ4v) is 3.84. The molecule has 0 aromatic heterocycles. The average molecular weight is 264 g/mol. The van der Waals surface area contributed by atoms with E-state index in [2.05, 4.69) is 0 Å². The standard InChI is InChI=1S/C10H20N2O4S/c1-11(5-2-6-13)17(14,15)12-7-9-3-4-10(8-12)16-9/h9-10,13H,2-8H2,1H3. The zero-order valence-electron chi connectivity index (χ0n) is 10.1. The van der Waals surface area contributed by atoms with Gasteiger partial charge in [0.1, 0.15) is 0 Å². The summed E-state index contributed by atoms with van der Waals surface area (Å²) in [5, 5.41) is 8.73. The van der Waals surface area contributed by atoms with Crippen LogP contribution in [-0.2, 0) is 14.9 Å². The van der Waals surface area contributed by atoms with Crippen LogP contribution in [-0.4, -0.2) is 67.6 Å². The molecular formula is C10H20N2O4S. The lowest BCUT2D eigenvalue weighted by Gasteiger charge is -2.33. The van der Waals surface area contributed by atoms with E-state index in [9.17, 15) is 8.42 Å². The van der Waals surface area contributed by atoms with E-state index >= 15 is 0 Å². The van der Waals surface area contributed by atoms with Crippen LogP contribution in [0, 0.1) is 0 Å². The van der Waals surface area contributed by atoms with E-state index < -0.39 is 10.2 Å². The molecular weight excluding hydrogens is 244 g/mol. The minimum Gasteiger partial charge on any atom is -0.396 e. The van der Waals surface area contributed by atoms with Crippen molar-refractivity contribution in [2.45, 2.75) is 31.5 Å². The molecule has 2 atom stereocenters. The quantitative estimate of drug-likeness (QED) is 0.720. The predicted molar refractivity (Wildman–Crippen MR) is 62.7 cm³/mol. The van der Waals surface area contributed by atoms with Crippen molar-refractivity contribution in [3.63, 3.8) is 0 Å². The van der Waals surface area contributed by atoms with Crippen LogP contribution in [0.1, 0.15) is 19.3 Å². The second kappa shape index (κ2) is 5.19. The SMILES string of the molecule is CN(CCCO)S(=O)(=O)N1CC2CCC(C1)O2. The van der Waals surface area contributed by atoms with Crippen LogP contribution >= 0.6 is 0 Å². The molecule has 100 valence electrons. The number of rotatable bonds is 5. The van der Waals surface area contributed by atoms with Gasteiger partial charge in [0.15, 0.2) is 0 Å². The molecule has 1 N–H and O–H groups in total. The van der Waals surface area contributed by atoms with Crippen LogP contribution in [0.3, 0.4) is 0 Å². The van der Waals surface area contributed by atoms with Crippen LogP contribution in [0.5, 0.6) is 0 Å². The summed E-state index contributed by atoms with van der Waals surface area (Å²) in [6.07, 6.45) is 2.51. The summed E-state index contributed by atoms with van der Waals surface area (Å²) in [5.74, 6) is 0. The molecule has 2 aliphatic rings. The van der Waals surface area contributed by atoms with E-state index in [1.807, 2.05) is 0 Å². The number of aliphatic hydroxyl groups excluding tert-OH is 1. The maximum absolute atomic E-state index is 12.2.